The van der Waals surface area contributed by atoms with Crippen LogP contribution in [-0.2, 0) is 4.74 Å². The molecule has 2 N–H and O–H groups in total. The van der Waals surface area contributed by atoms with E-state index < -0.39 is 0 Å². The van der Waals surface area contributed by atoms with Crippen molar-refractivity contribution in [2.75, 3.05) is 26.3 Å². The van der Waals surface area contributed by atoms with E-state index in [2.05, 4.69) is 18.7 Å². The molecule has 0 unspecified atom stereocenters. The first kappa shape index (κ1) is 7.53. The van der Waals surface area contributed by atoms with Crippen molar-refractivity contribution in [3.63, 3.8) is 0 Å². The van der Waals surface area contributed by atoms with Gasteiger partial charge in [-0.3, -0.25) is 4.90 Å². The van der Waals surface area contributed by atoms with Crippen molar-refractivity contribution in [2.24, 2.45) is 11.1 Å². The van der Waals surface area contributed by atoms with Crippen LogP contribution >= 0.6 is 0 Å². The molecule has 64 valence electrons. The van der Waals surface area contributed by atoms with Crippen LogP contribution in [0.15, 0.2) is 0 Å². The normalized spacial score (nSPS) is 29.7. The number of rotatable bonds is 1. The lowest BCUT2D eigenvalue weighted by Gasteiger charge is -2.59. The molecule has 0 aromatic heterocycles. The van der Waals surface area contributed by atoms with Gasteiger partial charge >= 0.3 is 0 Å². The molecule has 0 aromatic rings. The molecule has 3 nitrogen and oxygen atoms in total. The van der Waals surface area contributed by atoms with Gasteiger partial charge in [0.2, 0.25) is 0 Å². The van der Waals surface area contributed by atoms with E-state index in [0.29, 0.717) is 5.41 Å². The fourth-order valence-corrected chi connectivity index (χ4v) is 1.74. The average molecular weight is 156 g/mol. The molecule has 0 aromatic carbocycles. The Morgan fingerprint density at radius 1 is 1.36 bits per heavy atom. The topological polar surface area (TPSA) is 38.5 Å². The second kappa shape index (κ2) is 1.97. The van der Waals surface area contributed by atoms with Gasteiger partial charge in [0, 0.05) is 18.5 Å². The van der Waals surface area contributed by atoms with Crippen molar-refractivity contribution in [1.82, 2.24) is 4.90 Å². The zero-order valence-corrected chi connectivity index (χ0v) is 7.26. The van der Waals surface area contributed by atoms with Gasteiger partial charge in [-0.25, -0.2) is 0 Å². The van der Waals surface area contributed by atoms with Crippen LogP contribution in [0.5, 0.6) is 0 Å². The molecule has 2 aliphatic rings. The number of hydrogen-bond acceptors (Lipinski definition) is 3. The fourth-order valence-electron chi connectivity index (χ4n) is 1.74. The van der Waals surface area contributed by atoms with Crippen LogP contribution in [0.3, 0.4) is 0 Å². The van der Waals surface area contributed by atoms with Gasteiger partial charge in [0.1, 0.15) is 0 Å². The highest BCUT2D eigenvalue weighted by Crippen LogP contribution is 2.39. The third-order valence-corrected chi connectivity index (χ3v) is 2.68. The molecule has 0 bridgehead atoms. The highest BCUT2D eigenvalue weighted by atomic mass is 16.5. The molecular weight excluding hydrogens is 140 g/mol. The standard InChI is InChI=1S/C8H16N2O/c1-7(2,9)10-3-8(4-10)5-11-6-8/h3-6,9H2,1-2H3. The lowest BCUT2D eigenvalue weighted by atomic mass is 9.76. The molecule has 2 rings (SSSR count). The van der Waals surface area contributed by atoms with Crippen molar-refractivity contribution < 1.29 is 4.74 Å². The van der Waals surface area contributed by atoms with Gasteiger partial charge in [0.05, 0.1) is 18.9 Å². The number of nitrogens with zero attached hydrogens (tertiary/aromatic N) is 1. The van der Waals surface area contributed by atoms with Crippen LogP contribution in [0, 0.1) is 5.41 Å². The number of nitrogens with two attached hydrogens (primary N) is 1. The number of hydrogen-bond donors (Lipinski definition) is 1. The summed E-state index contributed by atoms with van der Waals surface area (Å²) in [4.78, 5) is 2.30. The van der Waals surface area contributed by atoms with Crippen LogP contribution in [-0.4, -0.2) is 36.9 Å². The van der Waals surface area contributed by atoms with Gasteiger partial charge in [-0.05, 0) is 13.8 Å². The smallest absolute Gasteiger partial charge is 0.0629 e. The molecule has 2 heterocycles. The van der Waals surface area contributed by atoms with Gasteiger partial charge in [0.15, 0.2) is 0 Å². The molecular formula is C8H16N2O. The molecule has 2 aliphatic heterocycles. The van der Waals surface area contributed by atoms with Gasteiger partial charge in [0.25, 0.3) is 0 Å². The average Bonchev–Trinajstić information content (AvgIpc) is 1.49. The molecule has 0 aliphatic carbocycles. The van der Waals surface area contributed by atoms with Crippen LogP contribution in [0.2, 0.25) is 0 Å². The number of ether oxygens (including phenoxy) is 1. The maximum absolute atomic E-state index is 5.93. The lowest BCUT2D eigenvalue weighted by molar-refractivity contribution is -0.208. The minimum atomic E-state index is -0.138. The van der Waals surface area contributed by atoms with Crippen molar-refractivity contribution >= 4 is 0 Å². The van der Waals surface area contributed by atoms with Gasteiger partial charge in [-0.2, -0.15) is 0 Å². The Labute approximate surface area is 67.5 Å². The van der Waals surface area contributed by atoms with Crippen molar-refractivity contribution in [3.05, 3.63) is 0 Å². The Morgan fingerprint density at radius 2 is 1.91 bits per heavy atom. The quantitative estimate of drug-likeness (QED) is 0.581. The van der Waals surface area contributed by atoms with E-state index in [9.17, 15) is 0 Å². The first-order chi connectivity index (χ1) is 5.02. The van der Waals surface area contributed by atoms with E-state index in [1.165, 1.54) is 0 Å². The number of likely N-dealkylation sites (tertiary alicyclic amines) is 1. The predicted octanol–water partition coefficient (Wildman–Crippen LogP) is 0.0134. The third-order valence-electron chi connectivity index (χ3n) is 2.68. The van der Waals surface area contributed by atoms with E-state index in [1.807, 2.05) is 0 Å². The molecule has 3 heteroatoms. The van der Waals surface area contributed by atoms with E-state index >= 15 is 0 Å². The minimum Gasteiger partial charge on any atom is -0.380 e. The molecule has 2 fully saturated rings. The predicted molar refractivity (Wildman–Crippen MR) is 43.1 cm³/mol. The maximum Gasteiger partial charge on any atom is 0.0629 e. The summed E-state index contributed by atoms with van der Waals surface area (Å²) in [6.07, 6.45) is 0. The maximum atomic E-state index is 5.93. The summed E-state index contributed by atoms with van der Waals surface area (Å²) in [6, 6.07) is 0. The zero-order chi connectivity index (χ0) is 8.11. The SMILES string of the molecule is CC(C)(N)N1CC2(COC2)C1. The van der Waals surface area contributed by atoms with E-state index in [0.717, 1.165) is 26.3 Å². The third kappa shape index (κ3) is 1.08. The second-order valence-electron chi connectivity index (χ2n) is 4.50. The van der Waals surface area contributed by atoms with Gasteiger partial charge < -0.3 is 10.5 Å². The van der Waals surface area contributed by atoms with Crippen molar-refractivity contribution in [2.45, 2.75) is 19.5 Å². The molecule has 0 saturated carbocycles. The van der Waals surface area contributed by atoms with Gasteiger partial charge in [-0.1, -0.05) is 0 Å². The highest BCUT2D eigenvalue weighted by molar-refractivity contribution is 5.02. The Morgan fingerprint density at radius 3 is 2.18 bits per heavy atom. The van der Waals surface area contributed by atoms with Gasteiger partial charge in [-0.15, -0.1) is 0 Å². The Kier molecular flexibility index (Phi) is 1.35. The molecule has 0 amide bonds. The Hall–Kier alpha value is -0.120. The fraction of sp³-hybridized carbons (Fsp3) is 1.00. The molecule has 1 spiro atoms. The summed E-state index contributed by atoms with van der Waals surface area (Å²) in [5.74, 6) is 0. The Balaban J connectivity index is 1.88. The lowest BCUT2D eigenvalue weighted by Crippen LogP contribution is -2.72. The first-order valence-electron chi connectivity index (χ1n) is 4.14. The van der Waals surface area contributed by atoms with Crippen LogP contribution < -0.4 is 5.73 Å². The van der Waals surface area contributed by atoms with Crippen LogP contribution in [0.25, 0.3) is 0 Å². The molecule has 0 radical (unpaired) electrons. The summed E-state index contributed by atoms with van der Waals surface area (Å²) in [7, 11) is 0. The van der Waals surface area contributed by atoms with Crippen LogP contribution in [0.4, 0.5) is 0 Å². The molecule has 2 saturated heterocycles. The van der Waals surface area contributed by atoms with Crippen LogP contribution in [0.1, 0.15) is 13.8 Å². The summed E-state index contributed by atoms with van der Waals surface area (Å²) < 4.78 is 5.17. The summed E-state index contributed by atoms with van der Waals surface area (Å²) >= 11 is 0. The monoisotopic (exact) mass is 156 g/mol. The first-order valence-corrected chi connectivity index (χ1v) is 4.14. The minimum absolute atomic E-state index is 0.138. The highest BCUT2D eigenvalue weighted by Gasteiger charge is 2.51. The summed E-state index contributed by atoms with van der Waals surface area (Å²) in [5.41, 5.74) is 6.28. The molecule has 0 atom stereocenters. The summed E-state index contributed by atoms with van der Waals surface area (Å²) in [5, 5.41) is 0. The van der Waals surface area contributed by atoms with E-state index in [4.69, 9.17) is 10.5 Å². The largest absolute Gasteiger partial charge is 0.380 e. The Bertz CT molecular complexity index is 161. The summed E-state index contributed by atoms with van der Waals surface area (Å²) in [6.45, 7) is 8.24. The van der Waals surface area contributed by atoms with Crippen molar-refractivity contribution in [1.29, 1.82) is 0 Å². The second-order valence-corrected chi connectivity index (χ2v) is 4.50. The van der Waals surface area contributed by atoms with E-state index in [-0.39, 0.29) is 5.66 Å². The molecule has 11 heavy (non-hydrogen) atoms. The zero-order valence-electron chi connectivity index (χ0n) is 7.26. The van der Waals surface area contributed by atoms with Crippen molar-refractivity contribution in [3.8, 4) is 0 Å². The van der Waals surface area contributed by atoms with E-state index in [1.54, 1.807) is 0 Å².